The van der Waals surface area contributed by atoms with E-state index in [9.17, 15) is 4.21 Å². The van der Waals surface area contributed by atoms with Crippen LogP contribution < -0.4 is 4.31 Å². The van der Waals surface area contributed by atoms with Crippen molar-refractivity contribution in [2.75, 3.05) is 31.5 Å². The van der Waals surface area contributed by atoms with Crippen LogP contribution in [0.5, 0.6) is 0 Å². The molecule has 3 rings (SSSR count). The third kappa shape index (κ3) is 1.43. The summed E-state index contributed by atoms with van der Waals surface area (Å²) >= 11 is 0. The molecule has 92 valence electrons. The van der Waals surface area contributed by atoms with Gasteiger partial charge in [0.05, 0.1) is 17.6 Å². The summed E-state index contributed by atoms with van der Waals surface area (Å²) in [7, 11) is 2.95. The lowest BCUT2D eigenvalue weighted by atomic mass is 9.91. The fraction of sp³-hybridized carbons (Fsp3) is 0.636. The van der Waals surface area contributed by atoms with E-state index in [-0.39, 0.29) is 4.75 Å². The molecule has 5 nitrogen and oxygen atoms in total. The van der Waals surface area contributed by atoms with E-state index in [4.69, 9.17) is 0 Å². The second-order valence-corrected chi connectivity index (χ2v) is 6.63. The van der Waals surface area contributed by atoms with E-state index in [1.165, 1.54) is 0 Å². The summed E-state index contributed by atoms with van der Waals surface area (Å²) < 4.78 is 14.1. The molecule has 2 aliphatic heterocycles. The number of hydrogen-bond acceptors (Lipinski definition) is 4. The monoisotopic (exact) mass is 252 g/mol. The molecule has 6 heteroatoms. The van der Waals surface area contributed by atoms with Crippen LogP contribution in [0.1, 0.15) is 18.5 Å². The Bertz CT molecular complexity index is 470. The maximum atomic E-state index is 12.6. The first-order valence-electron chi connectivity index (χ1n) is 5.80. The molecule has 0 saturated carbocycles. The van der Waals surface area contributed by atoms with Crippen LogP contribution >= 0.6 is 0 Å². The van der Waals surface area contributed by atoms with Gasteiger partial charge in [-0.25, -0.2) is 14.2 Å². The molecule has 17 heavy (non-hydrogen) atoms. The van der Waals surface area contributed by atoms with Crippen molar-refractivity contribution in [3.63, 3.8) is 0 Å². The minimum absolute atomic E-state index is 0.278. The van der Waals surface area contributed by atoms with Crippen molar-refractivity contribution < 1.29 is 4.21 Å². The molecule has 1 fully saturated rings. The lowest BCUT2D eigenvalue weighted by molar-refractivity contribution is 0.236. The summed E-state index contributed by atoms with van der Waals surface area (Å²) in [5.74, 6) is 0. The maximum Gasteiger partial charge on any atom is 0.132 e. The van der Waals surface area contributed by atoms with Crippen LogP contribution in [0.3, 0.4) is 0 Å². The van der Waals surface area contributed by atoms with Crippen molar-refractivity contribution in [1.29, 1.82) is 0 Å². The Morgan fingerprint density at radius 2 is 2.06 bits per heavy atom. The molecule has 1 spiro atoms. The minimum Gasteiger partial charge on any atom is -0.306 e. The molecule has 1 aromatic heterocycles. The number of hydrogen-bond donors (Lipinski definition) is 0. The zero-order valence-electron chi connectivity index (χ0n) is 10.1. The standard InChI is InChI=1S/C11H16N4OS/c1-14-5-3-11(4-6-14)10-9(7-12-8-13-10)15(2)17(11)16/h7-8H,3-6H2,1-2H3. The van der Waals surface area contributed by atoms with E-state index in [1.807, 2.05) is 11.4 Å². The van der Waals surface area contributed by atoms with Gasteiger partial charge in [0.2, 0.25) is 0 Å². The van der Waals surface area contributed by atoms with Crippen molar-refractivity contribution in [1.82, 2.24) is 14.9 Å². The van der Waals surface area contributed by atoms with Crippen LogP contribution in [-0.2, 0) is 15.7 Å². The molecular formula is C11H16N4OS. The van der Waals surface area contributed by atoms with Gasteiger partial charge in [-0.2, -0.15) is 0 Å². The number of likely N-dealkylation sites (tertiary alicyclic amines) is 1. The van der Waals surface area contributed by atoms with Crippen LogP contribution in [0.15, 0.2) is 12.5 Å². The van der Waals surface area contributed by atoms with Crippen LogP contribution in [0.25, 0.3) is 0 Å². The van der Waals surface area contributed by atoms with Crippen molar-refractivity contribution in [2.45, 2.75) is 17.6 Å². The summed E-state index contributed by atoms with van der Waals surface area (Å²) in [5, 5.41) is 0. The normalized spacial score (nSPS) is 27.4. The van der Waals surface area contributed by atoms with Crippen LogP contribution in [-0.4, -0.2) is 46.3 Å². The number of piperidine rings is 1. The zero-order valence-corrected chi connectivity index (χ0v) is 10.9. The Hall–Kier alpha value is -1.01. The first-order valence-corrected chi connectivity index (χ1v) is 6.90. The van der Waals surface area contributed by atoms with Gasteiger partial charge in [0, 0.05) is 7.05 Å². The Morgan fingerprint density at radius 1 is 1.35 bits per heavy atom. The van der Waals surface area contributed by atoms with Crippen LogP contribution in [0.2, 0.25) is 0 Å². The van der Waals surface area contributed by atoms with Gasteiger partial charge in [-0.05, 0) is 33.0 Å². The average molecular weight is 252 g/mol. The van der Waals surface area contributed by atoms with Gasteiger partial charge in [-0.3, -0.25) is 4.31 Å². The molecular weight excluding hydrogens is 236 g/mol. The highest BCUT2D eigenvalue weighted by Crippen LogP contribution is 2.48. The minimum atomic E-state index is -1.02. The molecule has 1 saturated heterocycles. The average Bonchev–Trinajstić information content (AvgIpc) is 2.57. The van der Waals surface area contributed by atoms with Crippen LogP contribution in [0, 0.1) is 0 Å². The summed E-state index contributed by atoms with van der Waals surface area (Å²) in [5.41, 5.74) is 1.90. The molecule has 0 aliphatic carbocycles. The lowest BCUT2D eigenvalue weighted by Crippen LogP contribution is -2.43. The fourth-order valence-corrected chi connectivity index (χ4v) is 4.42. The molecule has 0 amide bonds. The first kappa shape index (κ1) is 11.1. The van der Waals surface area contributed by atoms with E-state index < -0.39 is 11.0 Å². The van der Waals surface area contributed by atoms with Crippen LogP contribution in [0.4, 0.5) is 5.69 Å². The second-order valence-electron chi connectivity index (χ2n) is 4.80. The number of aromatic nitrogens is 2. The fourth-order valence-electron chi connectivity index (χ4n) is 2.73. The molecule has 0 bridgehead atoms. The molecule has 0 N–H and O–H groups in total. The molecule has 1 aromatic rings. The molecule has 0 aromatic carbocycles. The second kappa shape index (κ2) is 3.74. The van der Waals surface area contributed by atoms with Crippen molar-refractivity contribution in [3.8, 4) is 0 Å². The Kier molecular flexibility index (Phi) is 2.45. The predicted octanol–water partition coefficient (Wildman–Crippen LogP) is 0.511. The van der Waals surface area contributed by atoms with E-state index in [0.717, 1.165) is 37.3 Å². The third-order valence-corrected chi connectivity index (χ3v) is 5.81. The molecule has 1 unspecified atom stereocenters. The van der Waals surface area contributed by atoms with Gasteiger partial charge in [0.1, 0.15) is 22.1 Å². The van der Waals surface area contributed by atoms with Gasteiger partial charge in [-0.1, -0.05) is 0 Å². The molecule has 2 aliphatic rings. The highest BCUT2D eigenvalue weighted by atomic mass is 32.2. The Morgan fingerprint density at radius 3 is 2.76 bits per heavy atom. The van der Waals surface area contributed by atoms with Gasteiger partial charge in [-0.15, -0.1) is 0 Å². The van der Waals surface area contributed by atoms with Gasteiger partial charge in [0.15, 0.2) is 0 Å². The van der Waals surface area contributed by atoms with E-state index in [0.29, 0.717) is 0 Å². The quantitative estimate of drug-likeness (QED) is 0.675. The highest BCUT2D eigenvalue weighted by molar-refractivity contribution is 7.87. The van der Waals surface area contributed by atoms with Gasteiger partial charge >= 0.3 is 0 Å². The maximum absolute atomic E-state index is 12.6. The lowest BCUT2D eigenvalue weighted by Gasteiger charge is -2.36. The van der Waals surface area contributed by atoms with Gasteiger partial charge < -0.3 is 4.90 Å². The predicted molar refractivity (Wildman–Crippen MR) is 67.0 cm³/mol. The number of fused-ring (bicyclic) bond motifs is 2. The van der Waals surface area contributed by atoms with E-state index in [1.54, 1.807) is 12.5 Å². The van der Waals surface area contributed by atoms with Crippen molar-refractivity contribution in [3.05, 3.63) is 18.2 Å². The summed E-state index contributed by atoms with van der Waals surface area (Å²) in [4.78, 5) is 10.7. The zero-order chi connectivity index (χ0) is 12.0. The summed E-state index contributed by atoms with van der Waals surface area (Å²) in [6.45, 7) is 1.95. The highest BCUT2D eigenvalue weighted by Gasteiger charge is 2.51. The first-order chi connectivity index (χ1) is 8.15. The van der Waals surface area contributed by atoms with E-state index in [2.05, 4.69) is 21.9 Å². The van der Waals surface area contributed by atoms with Gasteiger partial charge in [0.25, 0.3) is 0 Å². The molecule has 0 radical (unpaired) electrons. The third-order valence-electron chi connectivity index (χ3n) is 3.84. The molecule has 3 heterocycles. The SMILES string of the molecule is CN1CCC2(CC1)c1ncncc1N(C)S2=O. The number of nitrogens with zero attached hydrogens (tertiary/aromatic N) is 4. The molecule has 1 atom stereocenters. The number of rotatable bonds is 0. The summed E-state index contributed by atoms with van der Waals surface area (Å²) in [6, 6.07) is 0. The largest absolute Gasteiger partial charge is 0.306 e. The Labute approximate surface area is 103 Å². The number of anilines is 1. The van der Waals surface area contributed by atoms with Crippen molar-refractivity contribution >= 4 is 16.7 Å². The Balaban J connectivity index is 2.09. The van der Waals surface area contributed by atoms with Crippen molar-refractivity contribution in [2.24, 2.45) is 0 Å². The van der Waals surface area contributed by atoms with E-state index >= 15 is 0 Å². The summed E-state index contributed by atoms with van der Waals surface area (Å²) in [6.07, 6.45) is 5.15. The smallest absolute Gasteiger partial charge is 0.132 e. The topological polar surface area (TPSA) is 49.3 Å².